The van der Waals surface area contributed by atoms with Crippen molar-refractivity contribution in [1.29, 1.82) is 0 Å². The van der Waals surface area contributed by atoms with Crippen molar-refractivity contribution >= 4 is 21.7 Å². The molecule has 4 rings (SSSR count). The van der Waals surface area contributed by atoms with Gasteiger partial charge in [0.05, 0.1) is 5.56 Å². The largest absolute Gasteiger partial charge is 0.483 e. The molecule has 1 heterocycles. The number of hydrogen-bond donors (Lipinski definition) is 0. The summed E-state index contributed by atoms with van der Waals surface area (Å²) in [6, 6.07) is 10.3. The monoisotopic (exact) mass is 416 g/mol. The number of fused-ring (bicyclic) bond motifs is 1. The van der Waals surface area contributed by atoms with Crippen molar-refractivity contribution in [3.63, 3.8) is 0 Å². The Kier molecular flexibility index (Phi) is 4.32. The highest BCUT2D eigenvalue weighted by atomic mass is 79.9. The van der Waals surface area contributed by atoms with Crippen LogP contribution in [0.25, 0.3) is 11.5 Å². The molecule has 26 heavy (non-hydrogen) atoms. The number of hydrogen-bond acceptors (Lipinski definition) is 5. The molecule has 132 valence electrons. The number of nitrogens with zero attached hydrogens (tertiary/aromatic N) is 2. The SMILES string of the molecule is CC1CC(=O)c2c(OCc3nnc(-c4ccc(Br)cc4)o3)ccc(F)c21. The van der Waals surface area contributed by atoms with E-state index >= 15 is 0 Å². The van der Waals surface area contributed by atoms with Gasteiger partial charge in [-0.15, -0.1) is 10.2 Å². The van der Waals surface area contributed by atoms with Gasteiger partial charge in [0.25, 0.3) is 5.89 Å². The second-order valence-electron chi connectivity index (χ2n) is 6.16. The summed E-state index contributed by atoms with van der Waals surface area (Å²) in [7, 11) is 0. The second-order valence-corrected chi connectivity index (χ2v) is 7.07. The number of benzene rings is 2. The lowest BCUT2D eigenvalue weighted by molar-refractivity contribution is 0.0986. The molecule has 1 aromatic heterocycles. The van der Waals surface area contributed by atoms with Crippen LogP contribution in [-0.4, -0.2) is 16.0 Å². The molecule has 2 aromatic carbocycles. The number of Topliss-reactive ketones (excluding diaryl/α,β-unsaturated/α-hetero) is 1. The summed E-state index contributed by atoms with van der Waals surface area (Å²) in [6.07, 6.45) is 0.293. The standard InChI is InChI=1S/C19H14BrFN2O3/c1-10-8-14(24)18-15(7-6-13(21)17(10)18)25-9-16-22-23-19(26-16)11-2-4-12(20)5-3-11/h2-7,10H,8-9H2,1H3. The van der Waals surface area contributed by atoms with Crippen molar-refractivity contribution in [3.05, 3.63) is 63.7 Å². The molecule has 1 atom stereocenters. The predicted molar refractivity (Wildman–Crippen MR) is 95.5 cm³/mol. The van der Waals surface area contributed by atoms with Crippen LogP contribution in [0.2, 0.25) is 0 Å². The van der Waals surface area contributed by atoms with Crippen LogP contribution in [0.5, 0.6) is 5.75 Å². The molecule has 0 radical (unpaired) electrons. The normalized spacial score (nSPS) is 16.0. The average Bonchev–Trinajstić information content (AvgIpc) is 3.20. The van der Waals surface area contributed by atoms with E-state index in [0.717, 1.165) is 10.0 Å². The molecule has 1 aliphatic rings. The van der Waals surface area contributed by atoms with E-state index in [4.69, 9.17) is 9.15 Å². The molecule has 0 aliphatic heterocycles. The molecule has 0 fully saturated rings. The Hall–Kier alpha value is -2.54. The molecule has 0 bridgehead atoms. The summed E-state index contributed by atoms with van der Waals surface area (Å²) in [5.74, 6) is 0.376. The van der Waals surface area contributed by atoms with Gasteiger partial charge < -0.3 is 9.15 Å². The summed E-state index contributed by atoms with van der Waals surface area (Å²) in [5.41, 5.74) is 1.54. The topological polar surface area (TPSA) is 65.2 Å². The number of rotatable bonds is 4. The third-order valence-corrected chi connectivity index (χ3v) is 4.86. The fraction of sp³-hybridized carbons (Fsp3) is 0.211. The smallest absolute Gasteiger partial charge is 0.254 e. The number of carbonyl (C=O) groups is 1. The van der Waals surface area contributed by atoms with Gasteiger partial charge in [-0.25, -0.2) is 4.39 Å². The van der Waals surface area contributed by atoms with Crippen LogP contribution in [0.3, 0.4) is 0 Å². The van der Waals surface area contributed by atoms with Crippen LogP contribution >= 0.6 is 15.9 Å². The molecular weight excluding hydrogens is 403 g/mol. The Morgan fingerprint density at radius 3 is 2.77 bits per heavy atom. The zero-order valence-electron chi connectivity index (χ0n) is 13.8. The highest BCUT2D eigenvalue weighted by molar-refractivity contribution is 9.10. The van der Waals surface area contributed by atoms with Crippen LogP contribution in [-0.2, 0) is 6.61 Å². The molecule has 7 heteroatoms. The molecular formula is C19H14BrFN2O3. The number of ether oxygens (including phenoxy) is 1. The fourth-order valence-electron chi connectivity index (χ4n) is 3.11. The van der Waals surface area contributed by atoms with Crippen LogP contribution in [0.1, 0.15) is 41.1 Å². The number of halogens is 2. The molecule has 5 nitrogen and oxygen atoms in total. The van der Waals surface area contributed by atoms with E-state index in [1.165, 1.54) is 12.1 Å². The van der Waals surface area contributed by atoms with Crippen molar-refractivity contribution in [2.45, 2.75) is 25.9 Å². The summed E-state index contributed by atoms with van der Waals surface area (Å²) in [6.45, 7) is 1.84. The minimum Gasteiger partial charge on any atom is -0.483 e. The number of aromatic nitrogens is 2. The summed E-state index contributed by atoms with van der Waals surface area (Å²) in [4.78, 5) is 12.2. The maximum Gasteiger partial charge on any atom is 0.254 e. The third kappa shape index (κ3) is 3.03. The third-order valence-electron chi connectivity index (χ3n) is 4.33. The Morgan fingerprint density at radius 1 is 1.23 bits per heavy atom. The first-order valence-corrected chi connectivity index (χ1v) is 8.89. The van der Waals surface area contributed by atoms with Crippen molar-refractivity contribution in [2.75, 3.05) is 0 Å². The van der Waals surface area contributed by atoms with Gasteiger partial charge in [0.15, 0.2) is 12.4 Å². The van der Waals surface area contributed by atoms with Gasteiger partial charge in [0, 0.05) is 22.0 Å². The molecule has 1 aliphatic carbocycles. The quantitative estimate of drug-likeness (QED) is 0.604. The van der Waals surface area contributed by atoms with Crippen LogP contribution < -0.4 is 4.74 Å². The van der Waals surface area contributed by atoms with E-state index in [-0.39, 0.29) is 30.0 Å². The van der Waals surface area contributed by atoms with Gasteiger partial charge >= 0.3 is 0 Å². The Bertz CT molecular complexity index is 985. The lowest BCUT2D eigenvalue weighted by atomic mass is 10.0. The van der Waals surface area contributed by atoms with Gasteiger partial charge in [-0.1, -0.05) is 22.9 Å². The van der Waals surface area contributed by atoms with Gasteiger partial charge in [-0.3, -0.25) is 4.79 Å². The zero-order valence-corrected chi connectivity index (χ0v) is 15.4. The van der Waals surface area contributed by atoms with Crippen LogP contribution in [0.4, 0.5) is 4.39 Å². The first kappa shape index (κ1) is 16.9. The average molecular weight is 417 g/mol. The maximum atomic E-state index is 14.0. The van der Waals surface area contributed by atoms with Gasteiger partial charge in [-0.05, 0) is 42.3 Å². The molecule has 1 unspecified atom stereocenters. The molecule has 0 spiro atoms. The van der Waals surface area contributed by atoms with E-state index in [9.17, 15) is 9.18 Å². The van der Waals surface area contributed by atoms with Crippen molar-refractivity contribution in [1.82, 2.24) is 10.2 Å². The second kappa shape index (κ2) is 6.64. The van der Waals surface area contributed by atoms with Gasteiger partial charge in [0.1, 0.15) is 11.6 Å². The Morgan fingerprint density at radius 2 is 2.00 bits per heavy atom. The van der Waals surface area contributed by atoms with Crippen molar-refractivity contribution < 1.29 is 18.3 Å². The molecule has 0 N–H and O–H groups in total. The summed E-state index contributed by atoms with van der Waals surface area (Å²) < 4.78 is 26.3. The maximum absolute atomic E-state index is 14.0. The zero-order chi connectivity index (χ0) is 18.3. The highest BCUT2D eigenvalue weighted by Gasteiger charge is 2.32. The highest BCUT2D eigenvalue weighted by Crippen LogP contribution is 2.40. The van der Waals surface area contributed by atoms with Crippen molar-refractivity contribution in [3.8, 4) is 17.2 Å². The minimum absolute atomic E-state index is 0.00324. The van der Waals surface area contributed by atoms with Crippen LogP contribution in [0.15, 0.2) is 45.3 Å². The first-order valence-electron chi connectivity index (χ1n) is 8.09. The molecule has 0 saturated heterocycles. The molecule has 0 amide bonds. The number of ketones is 1. The van der Waals surface area contributed by atoms with Gasteiger partial charge in [-0.2, -0.15) is 0 Å². The fourth-order valence-corrected chi connectivity index (χ4v) is 3.37. The van der Waals surface area contributed by atoms with Crippen molar-refractivity contribution in [2.24, 2.45) is 0 Å². The van der Waals surface area contributed by atoms with E-state index in [2.05, 4.69) is 26.1 Å². The summed E-state index contributed by atoms with van der Waals surface area (Å²) in [5, 5.41) is 7.97. The van der Waals surface area contributed by atoms with E-state index < -0.39 is 0 Å². The van der Waals surface area contributed by atoms with E-state index in [0.29, 0.717) is 29.2 Å². The lowest BCUT2D eigenvalue weighted by Crippen LogP contribution is -2.03. The number of carbonyl (C=O) groups excluding carboxylic acids is 1. The van der Waals surface area contributed by atoms with Gasteiger partial charge in [0.2, 0.25) is 5.89 Å². The Balaban J connectivity index is 1.54. The lowest BCUT2D eigenvalue weighted by Gasteiger charge is -2.10. The Labute approximate surface area is 157 Å². The van der Waals surface area contributed by atoms with E-state index in [1.807, 2.05) is 31.2 Å². The molecule has 0 saturated carbocycles. The predicted octanol–water partition coefficient (Wildman–Crippen LogP) is 4.91. The summed E-state index contributed by atoms with van der Waals surface area (Å²) >= 11 is 3.37. The van der Waals surface area contributed by atoms with E-state index in [1.54, 1.807) is 0 Å². The van der Waals surface area contributed by atoms with Crippen LogP contribution in [0, 0.1) is 5.82 Å². The molecule has 3 aromatic rings. The minimum atomic E-state index is -0.374. The first-order chi connectivity index (χ1) is 12.5.